The third kappa shape index (κ3) is 2.80. The second-order valence-corrected chi connectivity index (χ2v) is 5.46. The summed E-state index contributed by atoms with van der Waals surface area (Å²) in [6.45, 7) is 2.09. The van der Waals surface area contributed by atoms with Gasteiger partial charge in [0.25, 0.3) is 5.91 Å². The summed E-state index contributed by atoms with van der Waals surface area (Å²) in [6, 6.07) is 9.59. The first-order valence-electron chi connectivity index (χ1n) is 7.37. The van der Waals surface area contributed by atoms with E-state index in [-0.39, 0.29) is 11.7 Å². The summed E-state index contributed by atoms with van der Waals surface area (Å²) in [4.78, 5) is 32.5. The van der Waals surface area contributed by atoms with Crippen molar-refractivity contribution in [3.05, 3.63) is 58.4 Å². The summed E-state index contributed by atoms with van der Waals surface area (Å²) >= 11 is 0. The zero-order valence-electron chi connectivity index (χ0n) is 12.4. The molecule has 1 aromatic heterocycles. The number of H-pyrrole nitrogens is 1. The molecule has 5 heteroatoms. The standard InChI is InChI=1S/C17H18N2O3/c1-11-15-13(8-5-9-14(15)20)18-16(11)17(21)19-22-10-12-6-3-2-4-7-12/h2-4,6-7,18H,5,8-10H2,1H3,(H,19,21). The van der Waals surface area contributed by atoms with Crippen LogP contribution >= 0.6 is 0 Å². The fourth-order valence-corrected chi connectivity index (χ4v) is 2.81. The van der Waals surface area contributed by atoms with Crippen LogP contribution in [0.25, 0.3) is 0 Å². The number of Topliss-reactive ketones (excluding diaryl/α,β-unsaturated/α-hetero) is 1. The minimum Gasteiger partial charge on any atom is -0.353 e. The molecule has 22 heavy (non-hydrogen) atoms. The molecule has 1 heterocycles. The highest BCUT2D eigenvalue weighted by Gasteiger charge is 2.26. The number of hydrogen-bond donors (Lipinski definition) is 2. The van der Waals surface area contributed by atoms with Crippen molar-refractivity contribution < 1.29 is 14.4 Å². The van der Waals surface area contributed by atoms with Crippen molar-refractivity contribution >= 4 is 11.7 Å². The number of hydrogen-bond acceptors (Lipinski definition) is 3. The van der Waals surface area contributed by atoms with Crippen LogP contribution in [0.4, 0.5) is 0 Å². The molecule has 5 nitrogen and oxygen atoms in total. The van der Waals surface area contributed by atoms with E-state index < -0.39 is 0 Å². The Bertz CT molecular complexity index is 704. The molecule has 0 aliphatic heterocycles. The maximum atomic E-state index is 12.2. The molecular formula is C17H18N2O3. The van der Waals surface area contributed by atoms with Crippen molar-refractivity contribution in [2.24, 2.45) is 0 Å². The van der Waals surface area contributed by atoms with Gasteiger partial charge in [-0.1, -0.05) is 30.3 Å². The van der Waals surface area contributed by atoms with Crippen molar-refractivity contribution in [1.82, 2.24) is 10.5 Å². The van der Waals surface area contributed by atoms with Crippen molar-refractivity contribution in [2.45, 2.75) is 32.8 Å². The monoisotopic (exact) mass is 298 g/mol. The number of fused-ring (bicyclic) bond motifs is 1. The van der Waals surface area contributed by atoms with E-state index in [2.05, 4.69) is 10.5 Å². The van der Waals surface area contributed by atoms with Gasteiger partial charge in [-0.05, 0) is 30.9 Å². The smallest absolute Gasteiger partial charge is 0.291 e. The number of aryl methyl sites for hydroxylation is 1. The molecule has 0 radical (unpaired) electrons. The van der Waals surface area contributed by atoms with Gasteiger partial charge in [-0.2, -0.15) is 0 Å². The van der Waals surface area contributed by atoms with Gasteiger partial charge in [-0.25, -0.2) is 5.48 Å². The minimum atomic E-state index is -0.351. The molecule has 0 bridgehead atoms. The highest BCUT2D eigenvalue weighted by Crippen LogP contribution is 2.26. The Kier molecular flexibility index (Phi) is 4.06. The van der Waals surface area contributed by atoms with Crippen LogP contribution < -0.4 is 5.48 Å². The number of aromatic amines is 1. The van der Waals surface area contributed by atoms with Gasteiger partial charge in [0.15, 0.2) is 5.78 Å². The Labute approximate surface area is 128 Å². The molecular weight excluding hydrogens is 280 g/mol. The molecule has 0 fully saturated rings. The highest BCUT2D eigenvalue weighted by molar-refractivity contribution is 6.04. The lowest BCUT2D eigenvalue weighted by Gasteiger charge is -2.09. The quantitative estimate of drug-likeness (QED) is 0.853. The molecule has 0 saturated carbocycles. The molecule has 1 aromatic carbocycles. The zero-order valence-corrected chi connectivity index (χ0v) is 12.4. The van der Waals surface area contributed by atoms with E-state index in [1.807, 2.05) is 30.3 Å². The Balaban J connectivity index is 1.67. The van der Waals surface area contributed by atoms with E-state index in [1.165, 1.54) is 0 Å². The Morgan fingerprint density at radius 1 is 1.27 bits per heavy atom. The predicted octanol–water partition coefficient (Wildman–Crippen LogP) is 2.70. The lowest BCUT2D eigenvalue weighted by atomic mass is 9.94. The number of nitrogens with one attached hydrogen (secondary N) is 2. The molecule has 0 spiro atoms. The van der Waals surface area contributed by atoms with E-state index in [0.717, 1.165) is 24.1 Å². The molecule has 1 amide bonds. The molecule has 1 aliphatic rings. The summed E-state index contributed by atoms with van der Waals surface area (Å²) in [5.74, 6) is -0.241. The lowest BCUT2D eigenvalue weighted by molar-refractivity contribution is 0.0229. The fourth-order valence-electron chi connectivity index (χ4n) is 2.81. The van der Waals surface area contributed by atoms with Crippen molar-refractivity contribution in [1.29, 1.82) is 0 Å². The molecule has 2 aromatic rings. The first-order chi connectivity index (χ1) is 10.7. The van der Waals surface area contributed by atoms with Gasteiger partial charge in [-0.15, -0.1) is 0 Å². The number of ketones is 1. The number of carbonyl (C=O) groups is 2. The van der Waals surface area contributed by atoms with Gasteiger partial charge in [0, 0.05) is 17.7 Å². The van der Waals surface area contributed by atoms with Crippen LogP contribution in [-0.4, -0.2) is 16.7 Å². The first-order valence-corrected chi connectivity index (χ1v) is 7.37. The van der Waals surface area contributed by atoms with Gasteiger partial charge in [-0.3, -0.25) is 14.4 Å². The number of carbonyl (C=O) groups excluding carboxylic acids is 2. The van der Waals surface area contributed by atoms with Gasteiger partial charge >= 0.3 is 0 Å². The third-order valence-electron chi connectivity index (χ3n) is 3.91. The molecule has 1 aliphatic carbocycles. The van der Waals surface area contributed by atoms with Gasteiger partial charge in [0.05, 0.1) is 6.61 Å². The van der Waals surface area contributed by atoms with E-state index in [1.54, 1.807) is 6.92 Å². The van der Waals surface area contributed by atoms with Crippen LogP contribution in [0.1, 0.15) is 50.5 Å². The summed E-state index contributed by atoms with van der Waals surface area (Å²) in [5.41, 5.74) is 6.07. The molecule has 0 unspecified atom stereocenters. The second-order valence-electron chi connectivity index (χ2n) is 5.46. The zero-order chi connectivity index (χ0) is 15.5. The van der Waals surface area contributed by atoms with Gasteiger partial charge < -0.3 is 4.98 Å². The Hall–Kier alpha value is -2.40. The first kappa shape index (κ1) is 14.5. The summed E-state index contributed by atoms with van der Waals surface area (Å²) < 4.78 is 0. The lowest BCUT2D eigenvalue weighted by Crippen LogP contribution is -2.24. The SMILES string of the molecule is Cc1c(C(=O)NOCc2ccccc2)[nH]c2c1C(=O)CCC2. The minimum absolute atomic E-state index is 0.110. The third-order valence-corrected chi connectivity index (χ3v) is 3.91. The molecule has 3 rings (SSSR count). The second kappa shape index (κ2) is 6.15. The number of rotatable bonds is 4. The number of hydroxylamine groups is 1. The summed E-state index contributed by atoms with van der Waals surface area (Å²) in [7, 11) is 0. The van der Waals surface area contributed by atoms with E-state index in [9.17, 15) is 9.59 Å². The van der Waals surface area contributed by atoms with Crippen LogP contribution in [0.3, 0.4) is 0 Å². The average molecular weight is 298 g/mol. The Morgan fingerprint density at radius 2 is 2.05 bits per heavy atom. The predicted molar refractivity (Wildman–Crippen MR) is 81.5 cm³/mol. The molecule has 2 N–H and O–H groups in total. The maximum Gasteiger partial charge on any atom is 0.291 e. The largest absolute Gasteiger partial charge is 0.353 e. The number of benzene rings is 1. The van der Waals surface area contributed by atoms with Crippen LogP contribution in [0.15, 0.2) is 30.3 Å². The van der Waals surface area contributed by atoms with Crippen molar-refractivity contribution in [3.63, 3.8) is 0 Å². The summed E-state index contributed by atoms with van der Waals surface area (Å²) in [6.07, 6.45) is 2.19. The van der Waals surface area contributed by atoms with Gasteiger partial charge in [0.1, 0.15) is 5.69 Å². The number of aromatic nitrogens is 1. The van der Waals surface area contributed by atoms with E-state index >= 15 is 0 Å². The van der Waals surface area contributed by atoms with Crippen molar-refractivity contribution in [3.8, 4) is 0 Å². The van der Waals surface area contributed by atoms with E-state index in [4.69, 9.17) is 4.84 Å². The highest BCUT2D eigenvalue weighted by atomic mass is 16.6. The number of amides is 1. The van der Waals surface area contributed by atoms with Crippen molar-refractivity contribution in [2.75, 3.05) is 0 Å². The molecule has 114 valence electrons. The molecule has 0 atom stereocenters. The topological polar surface area (TPSA) is 71.2 Å². The normalized spacial score (nSPS) is 13.8. The average Bonchev–Trinajstić information content (AvgIpc) is 2.87. The summed E-state index contributed by atoms with van der Waals surface area (Å²) in [5, 5.41) is 0. The Morgan fingerprint density at radius 3 is 2.77 bits per heavy atom. The molecule has 0 saturated heterocycles. The van der Waals surface area contributed by atoms with E-state index in [0.29, 0.717) is 29.8 Å². The van der Waals surface area contributed by atoms with Crippen LogP contribution in [0, 0.1) is 6.92 Å². The van der Waals surface area contributed by atoms with Crippen LogP contribution in [-0.2, 0) is 17.9 Å². The fraction of sp³-hybridized carbons (Fsp3) is 0.294. The maximum absolute atomic E-state index is 12.2. The van der Waals surface area contributed by atoms with Crippen LogP contribution in [0.2, 0.25) is 0 Å². The van der Waals surface area contributed by atoms with Crippen LogP contribution in [0.5, 0.6) is 0 Å². The van der Waals surface area contributed by atoms with Gasteiger partial charge in [0.2, 0.25) is 0 Å².